The topological polar surface area (TPSA) is 17.1 Å². The van der Waals surface area contributed by atoms with Crippen molar-refractivity contribution in [2.75, 3.05) is 0 Å². The summed E-state index contributed by atoms with van der Waals surface area (Å²) in [6.07, 6.45) is 4.50. The van der Waals surface area contributed by atoms with E-state index in [4.69, 9.17) is 0 Å². The van der Waals surface area contributed by atoms with Crippen molar-refractivity contribution in [2.45, 2.75) is 34.1 Å². The van der Waals surface area contributed by atoms with E-state index in [2.05, 4.69) is 0 Å². The van der Waals surface area contributed by atoms with Crippen LogP contribution >= 0.6 is 0 Å². The van der Waals surface area contributed by atoms with Crippen molar-refractivity contribution < 1.29 is 4.79 Å². The van der Waals surface area contributed by atoms with Gasteiger partial charge in [-0.1, -0.05) is 33.8 Å². The van der Waals surface area contributed by atoms with Crippen LogP contribution in [0.5, 0.6) is 0 Å². The maximum absolute atomic E-state index is 11.1. The average Bonchev–Trinajstić information content (AvgIpc) is 1.80. The molecule has 0 aliphatic carbocycles. The van der Waals surface area contributed by atoms with Crippen molar-refractivity contribution in [1.82, 2.24) is 0 Å². The van der Waals surface area contributed by atoms with E-state index >= 15 is 0 Å². The van der Waals surface area contributed by atoms with Crippen molar-refractivity contribution in [3.63, 3.8) is 0 Å². The fourth-order valence-electron chi connectivity index (χ4n) is 0.475. The average molecular weight is 140 g/mol. The second-order valence-electron chi connectivity index (χ2n) is 3.42. The highest BCUT2D eigenvalue weighted by atomic mass is 16.1. The van der Waals surface area contributed by atoms with Gasteiger partial charge in [-0.2, -0.15) is 0 Å². The van der Waals surface area contributed by atoms with Crippen LogP contribution in [0.4, 0.5) is 0 Å². The minimum Gasteiger partial charge on any atom is -0.294 e. The molecular weight excluding hydrogens is 124 g/mol. The molecule has 0 radical (unpaired) electrons. The van der Waals surface area contributed by atoms with Gasteiger partial charge < -0.3 is 0 Å². The maximum Gasteiger partial charge on any atom is 0.160 e. The van der Waals surface area contributed by atoms with E-state index in [1.165, 1.54) is 0 Å². The van der Waals surface area contributed by atoms with Gasteiger partial charge in [0.1, 0.15) is 0 Å². The van der Waals surface area contributed by atoms with Crippen molar-refractivity contribution >= 4 is 5.78 Å². The van der Waals surface area contributed by atoms with Gasteiger partial charge in [0.2, 0.25) is 0 Å². The van der Waals surface area contributed by atoms with Gasteiger partial charge in [0.15, 0.2) is 5.78 Å². The molecule has 1 heteroatoms. The molecule has 1 nitrogen and oxygen atoms in total. The molecule has 0 aliphatic rings. The molecule has 58 valence electrons. The largest absolute Gasteiger partial charge is 0.294 e. The van der Waals surface area contributed by atoms with Crippen LogP contribution in [0.15, 0.2) is 12.2 Å². The predicted molar refractivity (Wildman–Crippen MR) is 43.9 cm³/mol. The summed E-state index contributed by atoms with van der Waals surface area (Å²) in [7, 11) is 0. The minimum absolute atomic E-state index is 0.203. The lowest BCUT2D eigenvalue weighted by Crippen LogP contribution is -2.17. The molecular formula is C9H16O. The van der Waals surface area contributed by atoms with Crippen LogP contribution in [0.3, 0.4) is 0 Å². The zero-order chi connectivity index (χ0) is 8.20. The van der Waals surface area contributed by atoms with Gasteiger partial charge in [-0.05, 0) is 12.5 Å². The van der Waals surface area contributed by atoms with Crippen LogP contribution < -0.4 is 0 Å². The number of carbonyl (C=O) groups is 1. The van der Waals surface area contributed by atoms with Gasteiger partial charge >= 0.3 is 0 Å². The fraction of sp³-hybridized carbons (Fsp3) is 0.667. The molecule has 0 aromatic heterocycles. The zero-order valence-corrected chi connectivity index (χ0v) is 7.27. The number of allylic oxidation sites excluding steroid dienone is 2. The molecule has 0 saturated heterocycles. The number of hydrogen-bond acceptors (Lipinski definition) is 1. The molecule has 0 aliphatic heterocycles. The smallest absolute Gasteiger partial charge is 0.160 e. The maximum atomic E-state index is 11.1. The third-order valence-electron chi connectivity index (χ3n) is 1.24. The molecule has 0 saturated carbocycles. The predicted octanol–water partition coefficient (Wildman–Crippen LogP) is 2.57. The minimum atomic E-state index is -0.217. The Morgan fingerprint density at radius 1 is 1.40 bits per heavy atom. The van der Waals surface area contributed by atoms with Gasteiger partial charge in [0, 0.05) is 5.41 Å². The molecule has 0 rings (SSSR count). The quantitative estimate of drug-likeness (QED) is 0.539. The summed E-state index contributed by atoms with van der Waals surface area (Å²) < 4.78 is 0. The van der Waals surface area contributed by atoms with Crippen molar-refractivity contribution in [3.8, 4) is 0 Å². The molecule has 0 unspecified atom stereocenters. The summed E-state index contributed by atoms with van der Waals surface area (Å²) in [6.45, 7) is 7.80. The van der Waals surface area contributed by atoms with Gasteiger partial charge in [0.05, 0.1) is 0 Å². The lowest BCUT2D eigenvalue weighted by Gasteiger charge is -2.12. The van der Waals surface area contributed by atoms with Crippen molar-refractivity contribution in [3.05, 3.63) is 12.2 Å². The van der Waals surface area contributed by atoms with Gasteiger partial charge in [-0.25, -0.2) is 0 Å². The number of ketones is 1. The van der Waals surface area contributed by atoms with Gasteiger partial charge in [0.25, 0.3) is 0 Å². The summed E-state index contributed by atoms with van der Waals surface area (Å²) in [5.41, 5.74) is -0.217. The second kappa shape index (κ2) is 3.55. The lowest BCUT2D eigenvalue weighted by molar-refractivity contribution is -0.121. The fourth-order valence-corrected chi connectivity index (χ4v) is 0.475. The first-order chi connectivity index (χ1) is 4.48. The monoisotopic (exact) mass is 140 g/mol. The van der Waals surface area contributed by atoms with Gasteiger partial charge in [-0.15, -0.1) is 0 Å². The first kappa shape index (κ1) is 9.41. The normalized spacial score (nSPS) is 12.4. The molecule has 0 aromatic rings. The number of hydrogen-bond donors (Lipinski definition) is 0. The van der Waals surface area contributed by atoms with Gasteiger partial charge in [-0.3, -0.25) is 4.79 Å². The van der Waals surface area contributed by atoms with E-state index in [1.54, 1.807) is 6.08 Å². The summed E-state index contributed by atoms with van der Waals surface area (Å²) in [5, 5.41) is 0. The van der Waals surface area contributed by atoms with E-state index in [9.17, 15) is 4.79 Å². The Labute approximate surface area is 63.1 Å². The Bertz CT molecular complexity index is 137. The SMILES string of the molecule is CC/C=C/C(=O)C(C)(C)C. The van der Waals surface area contributed by atoms with E-state index in [1.807, 2.05) is 33.8 Å². The molecule has 0 aromatic carbocycles. The summed E-state index contributed by atoms with van der Waals surface area (Å²) in [4.78, 5) is 11.1. The molecule has 0 heterocycles. The standard InChI is InChI=1S/C9H16O/c1-5-6-7-8(10)9(2,3)4/h6-7H,5H2,1-4H3/b7-6+. The molecule has 0 fully saturated rings. The summed E-state index contributed by atoms with van der Waals surface area (Å²) in [6, 6.07) is 0. The van der Waals surface area contributed by atoms with Crippen LogP contribution in [0, 0.1) is 5.41 Å². The van der Waals surface area contributed by atoms with E-state index in [0.29, 0.717) is 0 Å². The Balaban J connectivity index is 3.98. The highest BCUT2D eigenvalue weighted by Gasteiger charge is 2.17. The first-order valence-corrected chi connectivity index (χ1v) is 3.69. The Hall–Kier alpha value is -0.590. The third-order valence-corrected chi connectivity index (χ3v) is 1.24. The second-order valence-corrected chi connectivity index (χ2v) is 3.42. The summed E-state index contributed by atoms with van der Waals surface area (Å²) >= 11 is 0. The highest BCUT2D eigenvalue weighted by Crippen LogP contribution is 2.14. The van der Waals surface area contributed by atoms with Crippen LogP contribution in [-0.2, 0) is 4.79 Å². The van der Waals surface area contributed by atoms with Crippen LogP contribution in [0.1, 0.15) is 34.1 Å². The molecule has 0 spiro atoms. The van der Waals surface area contributed by atoms with Crippen molar-refractivity contribution in [2.24, 2.45) is 5.41 Å². The summed E-state index contributed by atoms with van der Waals surface area (Å²) in [5.74, 6) is 0.203. The van der Waals surface area contributed by atoms with Crippen LogP contribution in [0.2, 0.25) is 0 Å². The first-order valence-electron chi connectivity index (χ1n) is 3.69. The Morgan fingerprint density at radius 2 is 1.90 bits per heavy atom. The lowest BCUT2D eigenvalue weighted by atomic mass is 9.90. The molecule has 0 bridgehead atoms. The van der Waals surface area contributed by atoms with E-state index in [-0.39, 0.29) is 11.2 Å². The van der Waals surface area contributed by atoms with E-state index < -0.39 is 0 Å². The molecule has 10 heavy (non-hydrogen) atoms. The van der Waals surface area contributed by atoms with Crippen LogP contribution in [-0.4, -0.2) is 5.78 Å². The number of rotatable bonds is 2. The third kappa shape index (κ3) is 3.44. The Morgan fingerprint density at radius 3 is 2.20 bits per heavy atom. The molecule has 0 atom stereocenters. The molecule has 0 amide bonds. The van der Waals surface area contributed by atoms with E-state index in [0.717, 1.165) is 6.42 Å². The number of carbonyl (C=O) groups excluding carboxylic acids is 1. The van der Waals surface area contributed by atoms with Crippen LogP contribution in [0.25, 0.3) is 0 Å². The zero-order valence-electron chi connectivity index (χ0n) is 7.27. The highest BCUT2D eigenvalue weighted by molar-refractivity contribution is 5.93. The Kier molecular flexibility index (Phi) is 3.34. The van der Waals surface area contributed by atoms with Crippen molar-refractivity contribution in [1.29, 1.82) is 0 Å². The molecule has 0 N–H and O–H groups in total.